The van der Waals surface area contributed by atoms with E-state index < -0.39 is 0 Å². The molecule has 2 saturated heterocycles. The predicted molar refractivity (Wildman–Crippen MR) is 107 cm³/mol. The highest BCUT2D eigenvalue weighted by molar-refractivity contribution is 5.92. The maximum atomic E-state index is 13.0. The summed E-state index contributed by atoms with van der Waals surface area (Å²) in [6.45, 7) is 7.11. The number of carbonyl (C=O) groups excluding carboxylic acids is 1. The molecule has 0 aromatic carbocycles. The van der Waals surface area contributed by atoms with E-state index in [1.165, 1.54) is 45.1 Å². The highest BCUT2D eigenvalue weighted by atomic mass is 16.2. The first-order valence-corrected chi connectivity index (χ1v) is 11.1. The van der Waals surface area contributed by atoms with Gasteiger partial charge in [0.2, 0.25) is 0 Å². The van der Waals surface area contributed by atoms with E-state index in [2.05, 4.69) is 15.3 Å². The van der Waals surface area contributed by atoms with Crippen LogP contribution in [0.2, 0.25) is 0 Å². The number of piperidine rings is 1. The van der Waals surface area contributed by atoms with Crippen LogP contribution in [0.15, 0.2) is 12.3 Å². The third-order valence-corrected chi connectivity index (χ3v) is 6.59. The molecule has 27 heavy (non-hydrogen) atoms. The Morgan fingerprint density at radius 2 is 1.93 bits per heavy atom. The van der Waals surface area contributed by atoms with Gasteiger partial charge in [0.1, 0.15) is 5.69 Å². The van der Waals surface area contributed by atoms with Crippen molar-refractivity contribution in [3.63, 3.8) is 0 Å². The molecule has 1 saturated carbocycles. The van der Waals surface area contributed by atoms with E-state index in [9.17, 15) is 4.79 Å². The molecule has 0 spiro atoms. The van der Waals surface area contributed by atoms with Crippen LogP contribution in [0.25, 0.3) is 0 Å². The Labute approximate surface area is 163 Å². The summed E-state index contributed by atoms with van der Waals surface area (Å²) in [5, 5.41) is 8.04. The van der Waals surface area contributed by atoms with Gasteiger partial charge >= 0.3 is 0 Å². The minimum absolute atomic E-state index is 0.108. The second-order valence-corrected chi connectivity index (χ2v) is 8.63. The van der Waals surface area contributed by atoms with Crippen LogP contribution >= 0.6 is 0 Å². The van der Waals surface area contributed by atoms with Crippen LogP contribution < -0.4 is 5.32 Å². The number of carbonyl (C=O) groups is 1. The number of aromatic nitrogens is 2. The molecule has 1 aromatic heterocycles. The number of amides is 1. The highest BCUT2D eigenvalue weighted by Crippen LogP contribution is 2.25. The van der Waals surface area contributed by atoms with Gasteiger partial charge in [0, 0.05) is 38.9 Å². The zero-order chi connectivity index (χ0) is 18.5. The Balaban J connectivity index is 1.30. The van der Waals surface area contributed by atoms with E-state index in [4.69, 9.17) is 0 Å². The number of hydrogen-bond donors (Lipinski definition) is 1. The van der Waals surface area contributed by atoms with Crippen LogP contribution in [0.3, 0.4) is 0 Å². The van der Waals surface area contributed by atoms with Gasteiger partial charge in [0.15, 0.2) is 0 Å². The first-order chi connectivity index (χ1) is 13.3. The molecule has 1 aromatic rings. The summed E-state index contributed by atoms with van der Waals surface area (Å²) in [5.41, 5.74) is 0.612. The zero-order valence-electron chi connectivity index (χ0n) is 16.6. The topological polar surface area (TPSA) is 53.4 Å². The van der Waals surface area contributed by atoms with Gasteiger partial charge < -0.3 is 15.1 Å². The second-order valence-electron chi connectivity index (χ2n) is 8.63. The van der Waals surface area contributed by atoms with Crippen molar-refractivity contribution in [2.75, 3.05) is 45.8 Å². The van der Waals surface area contributed by atoms with Gasteiger partial charge in [0.25, 0.3) is 5.91 Å². The summed E-state index contributed by atoms with van der Waals surface area (Å²) in [6, 6.07) is 2.29. The molecule has 1 unspecified atom stereocenters. The molecule has 0 bridgehead atoms. The van der Waals surface area contributed by atoms with E-state index in [1.54, 1.807) is 0 Å². The lowest BCUT2D eigenvalue weighted by molar-refractivity contribution is 0.0752. The molecule has 1 atom stereocenters. The fraction of sp³-hybridized carbons (Fsp3) is 0.810. The van der Waals surface area contributed by atoms with Crippen molar-refractivity contribution in [1.29, 1.82) is 0 Å². The van der Waals surface area contributed by atoms with Crippen molar-refractivity contribution in [3.8, 4) is 0 Å². The molecule has 1 amide bonds. The maximum Gasteiger partial charge on any atom is 0.274 e. The van der Waals surface area contributed by atoms with Crippen molar-refractivity contribution in [2.45, 2.75) is 57.4 Å². The van der Waals surface area contributed by atoms with Gasteiger partial charge in [-0.25, -0.2) is 0 Å². The summed E-state index contributed by atoms with van der Waals surface area (Å²) in [5.74, 6) is 0.984. The fourth-order valence-electron chi connectivity index (χ4n) is 4.97. The SMILES string of the molecule is O=C(c1ccn(C2CCCNC2)n1)N1CCCN(CC2CCCCC2)CC1. The number of nitrogens with one attached hydrogen (secondary N) is 1. The smallest absolute Gasteiger partial charge is 0.274 e. The fourth-order valence-corrected chi connectivity index (χ4v) is 4.97. The standard InChI is InChI=1S/C21H35N5O/c27-21(20-9-13-26(23-20)19-8-4-10-22-16-19)25-12-5-11-24(14-15-25)17-18-6-2-1-3-7-18/h9,13,18-19,22H,1-8,10-12,14-17H2. The third kappa shape index (κ3) is 4.91. The van der Waals surface area contributed by atoms with E-state index in [0.717, 1.165) is 58.0 Å². The Bertz CT molecular complexity index is 603. The number of hydrogen-bond acceptors (Lipinski definition) is 4. The van der Waals surface area contributed by atoms with Crippen LogP contribution in [0.5, 0.6) is 0 Å². The molecular weight excluding hydrogens is 338 g/mol. The van der Waals surface area contributed by atoms with Gasteiger partial charge in [-0.2, -0.15) is 5.10 Å². The van der Waals surface area contributed by atoms with E-state index in [1.807, 2.05) is 21.8 Å². The summed E-state index contributed by atoms with van der Waals surface area (Å²) in [4.78, 5) is 17.6. The highest BCUT2D eigenvalue weighted by Gasteiger charge is 2.25. The first-order valence-electron chi connectivity index (χ1n) is 11.1. The van der Waals surface area contributed by atoms with Crippen molar-refractivity contribution in [3.05, 3.63) is 18.0 Å². The minimum atomic E-state index is 0.108. The van der Waals surface area contributed by atoms with Crippen LogP contribution in [-0.4, -0.2) is 71.3 Å². The van der Waals surface area contributed by atoms with Crippen LogP contribution in [0.4, 0.5) is 0 Å². The van der Waals surface area contributed by atoms with Crippen molar-refractivity contribution >= 4 is 5.91 Å². The second kappa shape index (κ2) is 9.20. The van der Waals surface area contributed by atoms with E-state index in [-0.39, 0.29) is 5.91 Å². The summed E-state index contributed by atoms with van der Waals surface area (Å²) in [6.07, 6.45) is 12.4. The molecule has 1 aliphatic carbocycles. The minimum Gasteiger partial charge on any atom is -0.336 e. The van der Waals surface area contributed by atoms with Crippen LogP contribution in [0, 0.1) is 5.92 Å². The van der Waals surface area contributed by atoms with Gasteiger partial charge in [0.05, 0.1) is 6.04 Å². The largest absolute Gasteiger partial charge is 0.336 e. The number of nitrogens with zero attached hydrogens (tertiary/aromatic N) is 4. The molecule has 6 heteroatoms. The molecular formula is C21H35N5O. The van der Waals surface area contributed by atoms with Gasteiger partial charge in [-0.05, 0) is 57.2 Å². The molecule has 4 rings (SSSR count). The van der Waals surface area contributed by atoms with Crippen molar-refractivity contribution in [2.24, 2.45) is 5.92 Å². The van der Waals surface area contributed by atoms with Crippen molar-refractivity contribution < 1.29 is 4.79 Å². The normalized spacial score (nSPS) is 26.1. The van der Waals surface area contributed by atoms with Gasteiger partial charge in [-0.15, -0.1) is 0 Å². The van der Waals surface area contributed by atoms with Crippen LogP contribution in [0.1, 0.15) is 67.9 Å². The lowest BCUT2D eigenvalue weighted by Gasteiger charge is -2.28. The quantitative estimate of drug-likeness (QED) is 0.881. The molecule has 3 heterocycles. The van der Waals surface area contributed by atoms with Gasteiger partial charge in [-0.3, -0.25) is 9.48 Å². The molecule has 0 radical (unpaired) electrons. The lowest BCUT2D eigenvalue weighted by atomic mass is 9.89. The average Bonchev–Trinajstić information content (AvgIpc) is 3.10. The van der Waals surface area contributed by atoms with E-state index >= 15 is 0 Å². The monoisotopic (exact) mass is 373 g/mol. The Kier molecular flexibility index (Phi) is 6.45. The molecule has 1 N–H and O–H groups in total. The Morgan fingerprint density at radius 1 is 1.04 bits per heavy atom. The van der Waals surface area contributed by atoms with Crippen molar-refractivity contribution in [1.82, 2.24) is 24.9 Å². The summed E-state index contributed by atoms with van der Waals surface area (Å²) < 4.78 is 1.99. The Hall–Kier alpha value is -1.40. The molecule has 3 fully saturated rings. The summed E-state index contributed by atoms with van der Waals surface area (Å²) in [7, 11) is 0. The summed E-state index contributed by atoms with van der Waals surface area (Å²) >= 11 is 0. The zero-order valence-corrected chi connectivity index (χ0v) is 16.6. The molecule has 2 aliphatic heterocycles. The van der Waals surface area contributed by atoms with Crippen LogP contribution in [-0.2, 0) is 0 Å². The molecule has 3 aliphatic rings. The lowest BCUT2D eigenvalue weighted by Crippen LogP contribution is -2.37. The molecule has 150 valence electrons. The predicted octanol–water partition coefficient (Wildman–Crippen LogP) is 2.54. The average molecular weight is 374 g/mol. The Morgan fingerprint density at radius 3 is 2.74 bits per heavy atom. The maximum absolute atomic E-state index is 13.0. The third-order valence-electron chi connectivity index (χ3n) is 6.59. The van der Waals surface area contributed by atoms with Gasteiger partial charge in [-0.1, -0.05) is 19.3 Å². The molecule has 6 nitrogen and oxygen atoms in total. The first kappa shape index (κ1) is 18.9. The van der Waals surface area contributed by atoms with E-state index in [0.29, 0.717) is 11.7 Å². The number of rotatable bonds is 4.